The fourth-order valence-electron chi connectivity index (χ4n) is 1.52. The molecule has 2 N–H and O–H groups in total. The third kappa shape index (κ3) is 5.64. The Morgan fingerprint density at radius 2 is 1.95 bits per heavy atom. The molecule has 0 radical (unpaired) electrons. The Morgan fingerprint density at radius 3 is 2.43 bits per heavy atom. The maximum Gasteiger partial charge on any atom is 0.241 e. The molecule has 0 aliphatic carbocycles. The van der Waals surface area contributed by atoms with Crippen LogP contribution in [0.1, 0.15) is 20.8 Å². The summed E-state index contributed by atoms with van der Waals surface area (Å²) >= 11 is 3.22. The number of sulfonamides is 1. The van der Waals surface area contributed by atoms with Gasteiger partial charge in [0.05, 0.1) is 23.0 Å². The van der Waals surface area contributed by atoms with Gasteiger partial charge in [0.1, 0.15) is 5.75 Å². The third-order valence-electron chi connectivity index (χ3n) is 2.37. The van der Waals surface area contributed by atoms with E-state index in [1.807, 2.05) is 20.8 Å². The van der Waals surface area contributed by atoms with Gasteiger partial charge in [-0.25, -0.2) is 13.1 Å². The first-order valence-electron chi connectivity index (χ1n) is 6.19. The largest absolute Gasteiger partial charge is 0.496 e. The van der Waals surface area contributed by atoms with E-state index in [9.17, 15) is 13.2 Å². The van der Waals surface area contributed by atoms with Gasteiger partial charge >= 0.3 is 0 Å². The minimum Gasteiger partial charge on any atom is -0.496 e. The molecule has 1 amide bonds. The summed E-state index contributed by atoms with van der Waals surface area (Å²) in [7, 11) is -2.27. The minimum atomic E-state index is -3.75. The number of methoxy groups -OCH3 is 1. The Bertz CT molecular complexity index is 624. The van der Waals surface area contributed by atoms with E-state index in [1.165, 1.54) is 25.3 Å². The number of halogens is 1. The van der Waals surface area contributed by atoms with E-state index in [-0.39, 0.29) is 11.4 Å². The van der Waals surface area contributed by atoms with Crippen LogP contribution in [0.3, 0.4) is 0 Å². The number of amides is 1. The lowest BCUT2D eigenvalue weighted by molar-refractivity contribution is -0.121. The Morgan fingerprint density at radius 1 is 1.33 bits per heavy atom. The van der Waals surface area contributed by atoms with Crippen molar-refractivity contribution in [3.63, 3.8) is 0 Å². The standard InChI is InChI=1S/C13H19BrN2O4S/c1-13(2,3)16-12(17)8-15-21(18,19)9-5-6-11(20-4)10(14)7-9/h5-7,15H,8H2,1-4H3,(H,16,17). The van der Waals surface area contributed by atoms with E-state index in [4.69, 9.17) is 4.74 Å². The second-order valence-corrected chi connectivity index (χ2v) is 8.04. The highest BCUT2D eigenvalue weighted by Crippen LogP contribution is 2.27. The lowest BCUT2D eigenvalue weighted by atomic mass is 10.1. The van der Waals surface area contributed by atoms with E-state index in [0.717, 1.165) is 0 Å². The topological polar surface area (TPSA) is 84.5 Å². The molecule has 1 aromatic rings. The number of nitrogens with one attached hydrogen (secondary N) is 2. The van der Waals surface area contributed by atoms with Gasteiger partial charge < -0.3 is 10.1 Å². The van der Waals surface area contributed by atoms with Crippen LogP contribution < -0.4 is 14.8 Å². The molecule has 0 heterocycles. The van der Waals surface area contributed by atoms with Crippen molar-refractivity contribution >= 4 is 31.9 Å². The third-order valence-corrected chi connectivity index (χ3v) is 4.39. The normalized spacial score (nSPS) is 12.0. The van der Waals surface area contributed by atoms with Crippen LogP contribution in [-0.4, -0.2) is 33.5 Å². The molecule has 0 fully saturated rings. The molecule has 0 unspecified atom stereocenters. The Kier molecular flexibility index (Phi) is 5.77. The zero-order chi connectivity index (χ0) is 16.3. The number of hydrogen-bond donors (Lipinski definition) is 2. The molecular weight excluding hydrogens is 360 g/mol. The molecule has 0 atom stereocenters. The Labute approximate surface area is 133 Å². The number of carbonyl (C=O) groups excluding carboxylic acids is 1. The molecule has 0 aliphatic heterocycles. The van der Waals surface area contributed by atoms with Gasteiger partial charge in [0, 0.05) is 5.54 Å². The summed E-state index contributed by atoms with van der Waals surface area (Å²) in [4.78, 5) is 11.7. The molecule has 8 heteroatoms. The Balaban J connectivity index is 2.78. The van der Waals surface area contributed by atoms with Crippen LogP contribution in [0.5, 0.6) is 5.75 Å². The summed E-state index contributed by atoms with van der Waals surface area (Å²) < 4.78 is 32.0. The first-order chi connectivity index (χ1) is 9.55. The quantitative estimate of drug-likeness (QED) is 0.815. The molecule has 1 rings (SSSR count). The van der Waals surface area contributed by atoms with Crippen molar-refractivity contribution in [2.45, 2.75) is 31.2 Å². The van der Waals surface area contributed by atoms with Crippen molar-refractivity contribution in [1.29, 1.82) is 0 Å². The van der Waals surface area contributed by atoms with Crippen LogP contribution in [0, 0.1) is 0 Å². The van der Waals surface area contributed by atoms with Crippen molar-refractivity contribution < 1.29 is 17.9 Å². The highest BCUT2D eigenvalue weighted by atomic mass is 79.9. The summed E-state index contributed by atoms with van der Waals surface area (Å²) in [5.41, 5.74) is -0.411. The second kappa shape index (κ2) is 6.76. The van der Waals surface area contributed by atoms with E-state index < -0.39 is 21.5 Å². The fourth-order valence-corrected chi connectivity index (χ4v) is 3.22. The molecule has 118 valence electrons. The Hall–Kier alpha value is -1.12. The number of hydrogen-bond acceptors (Lipinski definition) is 4. The molecule has 1 aromatic carbocycles. The highest BCUT2D eigenvalue weighted by Gasteiger charge is 2.19. The van der Waals surface area contributed by atoms with E-state index in [0.29, 0.717) is 10.2 Å². The lowest BCUT2D eigenvalue weighted by Crippen LogP contribution is -2.45. The van der Waals surface area contributed by atoms with Gasteiger partial charge in [-0.3, -0.25) is 4.79 Å². The smallest absolute Gasteiger partial charge is 0.241 e. The lowest BCUT2D eigenvalue weighted by Gasteiger charge is -2.20. The predicted molar refractivity (Wildman–Crippen MR) is 83.8 cm³/mol. The maximum absolute atomic E-state index is 12.1. The van der Waals surface area contributed by atoms with Crippen LogP contribution in [0.2, 0.25) is 0 Å². The minimum absolute atomic E-state index is 0.0544. The summed E-state index contributed by atoms with van der Waals surface area (Å²) in [5, 5.41) is 2.68. The number of ether oxygens (including phenoxy) is 1. The number of rotatable bonds is 5. The molecule has 6 nitrogen and oxygen atoms in total. The summed E-state index contributed by atoms with van der Waals surface area (Å²) in [6.07, 6.45) is 0. The zero-order valence-electron chi connectivity index (χ0n) is 12.4. The van der Waals surface area contributed by atoms with E-state index in [2.05, 4.69) is 26.0 Å². The van der Waals surface area contributed by atoms with E-state index in [1.54, 1.807) is 0 Å². The van der Waals surface area contributed by atoms with Gasteiger partial charge in [0.25, 0.3) is 0 Å². The highest BCUT2D eigenvalue weighted by molar-refractivity contribution is 9.10. The van der Waals surface area contributed by atoms with Crippen molar-refractivity contribution in [2.75, 3.05) is 13.7 Å². The predicted octanol–water partition coefficient (Wildman–Crippen LogP) is 1.65. The van der Waals surface area contributed by atoms with Gasteiger partial charge in [0.15, 0.2) is 0 Å². The monoisotopic (exact) mass is 378 g/mol. The van der Waals surface area contributed by atoms with E-state index >= 15 is 0 Å². The molecule has 0 saturated carbocycles. The molecule has 0 aliphatic rings. The molecule has 21 heavy (non-hydrogen) atoms. The van der Waals surface area contributed by atoms with Gasteiger partial charge in [-0.15, -0.1) is 0 Å². The van der Waals surface area contributed by atoms with Crippen LogP contribution in [0.4, 0.5) is 0 Å². The van der Waals surface area contributed by atoms with Crippen molar-refractivity contribution in [1.82, 2.24) is 10.0 Å². The van der Waals surface area contributed by atoms with Crippen molar-refractivity contribution in [3.05, 3.63) is 22.7 Å². The SMILES string of the molecule is COc1ccc(S(=O)(=O)NCC(=O)NC(C)(C)C)cc1Br. The average Bonchev–Trinajstić information content (AvgIpc) is 2.34. The summed E-state index contributed by atoms with van der Waals surface area (Å²) in [5.74, 6) is 0.137. The van der Waals surface area contributed by atoms with Crippen molar-refractivity contribution in [2.24, 2.45) is 0 Å². The zero-order valence-corrected chi connectivity index (χ0v) is 14.8. The van der Waals surface area contributed by atoms with Crippen LogP contribution in [0.25, 0.3) is 0 Å². The first-order valence-corrected chi connectivity index (χ1v) is 8.47. The molecule has 0 aromatic heterocycles. The van der Waals surface area contributed by atoms with Crippen LogP contribution >= 0.6 is 15.9 Å². The van der Waals surface area contributed by atoms with Crippen LogP contribution in [-0.2, 0) is 14.8 Å². The number of carbonyl (C=O) groups is 1. The molecular formula is C13H19BrN2O4S. The first kappa shape index (κ1) is 17.9. The number of benzene rings is 1. The summed E-state index contributed by atoms with van der Waals surface area (Å²) in [6.45, 7) is 5.14. The van der Waals surface area contributed by atoms with Gasteiger partial charge in [-0.1, -0.05) is 0 Å². The van der Waals surface area contributed by atoms with Gasteiger partial charge in [-0.2, -0.15) is 0 Å². The fraction of sp³-hybridized carbons (Fsp3) is 0.462. The summed E-state index contributed by atoms with van der Waals surface area (Å²) in [6, 6.07) is 4.37. The van der Waals surface area contributed by atoms with Crippen LogP contribution in [0.15, 0.2) is 27.6 Å². The van der Waals surface area contributed by atoms with Crippen molar-refractivity contribution in [3.8, 4) is 5.75 Å². The maximum atomic E-state index is 12.1. The average molecular weight is 379 g/mol. The second-order valence-electron chi connectivity index (χ2n) is 5.42. The molecule has 0 saturated heterocycles. The van der Waals surface area contributed by atoms with Gasteiger partial charge in [0.2, 0.25) is 15.9 Å². The van der Waals surface area contributed by atoms with Gasteiger partial charge in [-0.05, 0) is 54.9 Å². The molecule has 0 spiro atoms. The molecule has 0 bridgehead atoms.